The zero-order chi connectivity index (χ0) is 22.6. The number of halogens is 6. The third kappa shape index (κ3) is 4.99. The van der Waals surface area contributed by atoms with Crippen molar-refractivity contribution >= 4 is 17.6 Å². The van der Waals surface area contributed by atoms with Crippen LogP contribution in [0.15, 0.2) is 48.8 Å². The van der Waals surface area contributed by atoms with Gasteiger partial charge in [0.15, 0.2) is 0 Å². The number of amides is 1. The van der Waals surface area contributed by atoms with E-state index in [0.717, 1.165) is 24.4 Å². The lowest BCUT2D eigenvalue weighted by atomic mass is 10.1. The van der Waals surface area contributed by atoms with E-state index in [1.807, 2.05) is 0 Å². The molecule has 2 N–H and O–H groups in total. The number of nitrogens with zero attached hydrogens (tertiary/aromatic N) is 1. The average molecular weight is 435 g/mol. The molecule has 0 bridgehead atoms. The molecule has 1 aromatic heterocycles. The summed E-state index contributed by atoms with van der Waals surface area (Å²) in [4.78, 5) is 28.3. The minimum Gasteiger partial charge on any atom is -0.463 e. The number of nitrogens with one attached hydrogen (secondary N) is 2. The number of aromatic nitrogens is 1. The quantitative estimate of drug-likeness (QED) is 0.410. The molecule has 0 spiro atoms. The van der Waals surface area contributed by atoms with E-state index in [9.17, 15) is 35.9 Å². The number of rotatable bonds is 6. The first kappa shape index (κ1) is 23.0. The third-order valence-corrected chi connectivity index (χ3v) is 3.75. The van der Waals surface area contributed by atoms with Crippen LogP contribution in [0.1, 0.15) is 22.8 Å². The van der Waals surface area contributed by atoms with Crippen LogP contribution in [0.4, 0.5) is 32.0 Å². The number of ether oxygens (including phenoxy) is 1. The van der Waals surface area contributed by atoms with E-state index >= 15 is 0 Å². The lowest BCUT2D eigenvalue weighted by Crippen LogP contribution is -2.69. The van der Waals surface area contributed by atoms with Crippen LogP contribution < -0.4 is 10.6 Å². The second kappa shape index (κ2) is 8.59. The Balaban J connectivity index is 2.54. The van der Waals surface area contributed by atoms with Crippen LogP contribution in [0, 0.1) is 0 Å². The van der Waals surface area contributed by atoms with Gasteiger partial charge in [0.25, 0.3) is 5.91 Å². The molecule has 0 aliphatic rings. The van der Waals surface area contributed by atoms with Crippen molar-refractivity contribution in [3.63, 3.8) is 0 Å². The predicted molar refractivity (Wildman–Crippen MR) is 92.2 cm³/mol. The average Bonchev–Trinajstić information content (AvgIpc) is 2.67. The molecule has 1 aromatic carbocycles. The summed E-state index contributed by atoms with van der Waals surface area (Å²) < 4.78 is 85.3. The summed E-state index contributed by atoms with van der Waals surface area (Å²) in [6.45, 7) is 0.746. The van der Waals surface area contributed by atoms with Crippen molar-refractivity contribution < 1.29 is 40.7 Å². The SMILES string of the molecule is CCOC(=O)[C@@](NC(=O)c1cccnc1)(Nc1cccc(C(F)(F)F)c1)C(F)(F)F. The van der Waals surface area contributed by atoms with E-state index < -0.39 is 47.7 Å². The van der Waals surface area contributed by atoms with Gasteiger partial charge in [-0.1, -0.05) is 6.07 Å². The first-order valence-electron chi connectivity index (χ1n) is 8.32. The van der Waals surface area contributed by atoms with Crippen LogP contribution in [0.3, 0.4) is 0 Å². The third-order valence-electron chi connectivity index (χ3n) is 3.75. The standard InChI is InChI=1S/C18H15F6N3O3/c1-2-30-15(29)16(18(22,23)24,27-14(28)11-5-4-8-25-10-11)26-13-7-3-6-12(9-13)17(19,20)21/h3-10,26H,2H2,1H3,(H,27,28)/t16-/m0/s1. The largest absolute Gasteiger partial charge is 0.463 e. The Bertz CT molecular complexity index is 902. The second-order valence-electron chi connectivity index (χ2n) is 5.87. The summed E-state index contributed by atoms with van der Waals surface area (Å²) in [7, 11) is 0. The highest BCUT2D eigenvalue weighted by atomic mass is 19.4. The first-order valence-corrected chi connectivity index (χ1v) is 8.32. The molecule has 0 fully saturated rings. The number of carbonyl (C=O) groups excluding carboxylic acids is 2. The fraction of sp³-hybridized carbons (Fsp3) is 0.278. The van der Waals surface area contributed by atoms with Crippen LogP contribution >= 0.6 is 0 Å². The smallest absolute Gasteiger partial charge is 0.441 e. The summed E-state index contributed by atoms with van der Waals surface area (Å²) >= 11 is 0. The summed E-state index contributed by atoms with van der Waals surface area (Å²) in [5, 5.41) is 3.19. The van der Waals surface area contributed by atoms with Gasteiger partial charge in [0, 0.05) is 18.1 Å². The number of esters is 1. The number of carbonyl (C=O) groups is 2. The van der Waals surface area contributed by atoms with Crippen LogP contribution in [0.5, 0.6) is 0 Å². The zero-order valence-electron chi connectivity index (χ0n) is 15.3. The molecule has 12 heteroatoms. The molecule has 0 radical (unpaired) electrons. The van der Waals surface area contributed by atoms with Gasteiger partial charge in [-0.25, -0.2) is 4.79 Å². The molecule has 0 saturated carbocycles. The van der Waals surface area contributed by atoms with Gasteiger partial charge in [-0.3, -0.25) is 9.78 Å². The highest BCUT2D eigenvalue weighted by Gasteiger charge is 2.63. The highest BCUT2D eigenvalue weighted by Crippen LogP contribution is 2.36. The Hall–Kier alpha value is -3.31. The van der Waals surface area contributed by atoms with Gasteiger partial charge in [-0.05, 0) is 37.3 Å². The van der Waals surface area contributed by atoms with E-state index in [-0.39, 0.29) is 5.56 Å². The molecular formula is C18H15F6N3O3. The zero-order valence-corrected chi connectivity index (χ0v) is 15.3. The van der Waals surface area contributed by atoms with Crippen LogP contribution in [0.2, 0.25) is 0 Å². The number of anilines is 1. The van der Waals surface area contributed by atoms with Gasteiger partial charge in [0.2, 0.25) is 0 Å². The Morgan fingerprint density at radius 2 is 1.77 bits per heavy atom. The lowest BCUT2D eigenvalue weighted by molar-refractivity contribution is -0.204. The Labute approximate surface area is 166 Å². The van der Waals surface area contributed by atoms with E-state index in [2.05, 4.69) is 9.72 Å². The first-order chi connectivity index (χ1) is 13.9. The topological polar surface area (TPSA) is 80.3 Å². The molecule has 1 heterocycles. The van der Waals surface area contributed by atoms with E-state index in [4.69, 9.17) is 0 Å². The molecule has 2 rings (SSSR count). The van der Waals surface area contributed by atoms with Gasteiger partial charge < -0.3 is 15.4 Å². The summed E-state index contributed by atoms with van der Waals surface area (Å²) in [6.07, 6.45) is -8.13. The lowest BCUT2D eigenvalue weighted by Gasteiger charge is -2.35. The number of hydrogen-bond acceptors (Lipinski definition) is 5. The fourth-order valence-electron chi connectivity index (χ4n) is 2.36. The maximum atomic E-state index is 14.0. The van der Waals surface area contributed by atoms with E-state index in [1.54, 1.807) is 5.32 Å². The molecule has 0 aliphatic heterocycles. The molecule has 1 amide bonds. The minimum absolute atomic E-state index is 0.318. The van der Waals surface area contributed by atoms with Crippen LogP contribution in [-0.2, 0) is 15.7 Å². The van der Waals surface area contributed by atoms with Crippen molar-refractivity contribution in [2.24, 2.45) is 0 Å². The number of alkyl halides is 6. The van der Waals surface area contributed by atoms with Crippen molar-refractivity contribution in [1.82, 2.24) is 10.3 Å². The molecule has 6 nitrogen and oxygen atoms in total. The number of hydrogen-bond donors (Lipinski definition) is 2. The van der Waals surface area contributed by atoms with Crippen molar-refractivity contribution in [3.8, 4) is 0 Å². The molecule has 0 unspecified atom stereocenters. The second-order valence-corrected chi connectivity index (χ2v) is 5.87. The molecule has 2 aromatic rings. The van der Waals surface area contributed by atoms with Crippen LogP contribution in [0.25, 0.3) is 0 Å². The van der Waals surface area contributed by atoms with E-state index in [1.165, 1.54) is 24.5 Å². The molecule has 0 aliphatic carbocycles. The Morgan fingerprint density at radius 3 is 2.30 bits per heavy atom. The van der Waals surface area contributed by atoms with Gasteiger partial charge >= 0.3 is 24.0 Å². The van der Waals surface area contributed by atoms with Crippen molar-refractivity contribution in [1.29, 1.82) is 0 Å². The van der Waals surface area contributed by atoms with Crippen molar-refractivity contribution in [2.75, 3.05) is 11.9 Å². The van der Waals surface area contributed by atoms with Crippen molar-refractivity contribution in [2.45, 2.75) is 24.9 Å². The van der Waals surface area contributed by atoms with Gasteiger partial charge in [-0.2, -0.15) is 26.3 Å². The number of pyridine rings is 1. The molecule has 30 heavy (non-hydrogen) atoms. The van der Waals surface area contributed by atoms with E-state index in [0.29, 0.717) is 12.1 Å². The molecule has 0 saturated heterocycles. The molecule has 1 atom stereocenters. The minimum atomic E-state index is -5.49. The van der Waals surface area contributed by atoms with Crippen molar-refractivity contribution in [3.05, 3.63) is 59.9 Å². The molecular weight excluding hydrogens is 420 g/mol. The summed E-state index contributed by atoms with van der Waals surface area (Å²) in [5.74, 6) is -3.31. The van der Waals surface area contributed by atoms with Gasteiger partial charge in [0.1, 0.15) is 0 Å². The van der Waals surface area contributed by atoms with Gasteiger partial charge in [-0.15, -0.1) is 0 Å². The Morgan fingerprint density at radius 1 is 1.07 bits per heavy atom. The summed E-state index contributed by atoms with van der Waals surface area (Å²) in [5.41, 5.74) is -6.16. The number of benzene rings is 1. The Kier molecular flexibility index (Phi) is 6.58. The highest BCUT2D eigenvalue weighted by molar-refractivity contribution is 5.99. The maximum absolute atomic E-state index is 14.0. The monoisotopic (exact) mass is 435 g/mol. The fourth-order valence-corrected chi connectivity index (χ4v) is 2.36. The predicted octanol–water partition coefficient (Wildman–Crippen LogP) is 3.76. The normalized spacial score (nSPS) is 13.8. The summed E-state index contributed by atoms with van der Waals surface area (Å²) in [6, 6.07) is 5.15. The van der Waals surface area contributed by atoms with Gasteiger partial charge in [0.05, 0.1) is 17.7 Å². The maximum Gasteiger partial charge on any atom is 0.441 e. The van der Waals surface area contributed by atoms with Crippen LogP contribution in [-0.4, -0.2) is 35.3 Å². The molecule has 162 valence electrons.